The van der Waals surface area contributed by atoms with Crippen LogP contribution in [0.1, 0.15) is 27.1 Å². The number of anilines is 1. The second-order valence-electron chi connectivity index (χ2n) is 5.44. The van der Waals surface area contributed by atoms with Gasteiger partial charge in [-0.15, -0.1) is 11.3 Å². The van der Waals surface area contributed by atoms with E-state index in [1.807, 2.05) is 0 Å². The van der Waals surface area contributed by atoms with Crippen LogP contribution >= 0.6 is 22.9 Å². The number of hydrogen-bond donors (Lipinski definition) is 4. The molecule has 2 aromatic rings. The Morgan fingerprint density at radius 1 is 1.25 bits per heavy atom. The third kappa shape index (κ3) is 3.69. The first-order valence-electron chi connectivity index (χ1n) is 7.43. The number of halogens is 1. The molecule has 1 fully saturated rings. The van der Waals surface area contributed by atoms with E-state index >= 15 is 0 Å². The minimum Gasteiger partial charge on any atom is -0.507 e. The van der Waals surface area contributed by atoms with E-state index in [1.54, 1.807) is 11.4 Å². The van der Waals surface area contributed by atoms with Crippen molar-refractivity contribution >= 4 is 39.8 Å². The van der Waals surface area contributed by atoms with Crippen LogP contribution in [0.3, 0.4) is 0 Å². The summed E-state index contributed by atoms with van der Waals surface area (Å²) in [6.45, 7) is 1.63. The Balaban J connectivity index is 1.72. The van der Waals surface area contributed by atoms with Gasteiger partial charge in [0.05, 0.1) is 11.1 Å². The summed E-state index contributed by atoms with van der Waals surface area (Å²) in [4.78, 5) is 24.7. The molecule has 8 heteroatoms. The molecule has 6 nitrogen and oxygen atoms in total. The highest BCUT2D eigenvalue weighted by Gasteiger charge is 2.21. The van der Waals surface area contributed by atoms with Crippen LogP contribution in [-0.2, 0) is 0 Å². The predicted octanol–water partition coefficient (Wildman–Crippen LogP) is 2.45. The van der Waals surface area contributed by atoms with E-state index in [1.165, 1.54) is 29.5 Å². The fourth-order valence-corrected chi connectivity index (χ4v) is 3.44. The molecule has 1 unspecified atom stereocenters. The number of nitrogens with one attached hydrogen (secondary N) is 3. The third-order valence-electron chi connectivity index (χ3n) is 3.74. The SMILES string of the molecule is O=C(Nc1sccc1C(=O)NC1CCNC1)c1ccc(Cl)cc1O. The molecule has 0 aliphatic carbocycles. The molecule has 1 aliphatic rings. The third-order valence-corrected chi connectivity index (χ3v) is 4.80. The summed E-state index contributed by atoms with van der Waals surface area (Å²) in [7, 11) is 0. The van der Waals surface area contributed by atoms with E-state index in [2.05, 4.69) is 16.0 Å². The quantitative estimate of drug-likeness (QED) is 0.670. The molecule has 1 aliphatic heterocycles. The number of carbonyl (C=O) groups is 2. The van der Waals surface area contributed by atoms with Crippen LogP contribution in [0.5, 0.6) is 5.75 Å². The van der Waals surface area contributed by atoms with E-state index in [0.717, 1.165) is 19.5 Å². The van der Waals surface area contributed by atoms with Gasteiger partial charge in [-0.3, -0.25) is 9.59 Å². The number of thiophene rings is 1. The van der Waals surface area contributed by atoms with Gasteiger partial charge in [0.25, 0.3) is 11.8 Å². The highest BCUT2D eigenvalue weighted by molar-refractivity contribution is 7.14. The number of amides is 2. The Labute approximate surface area is 147 Å². The summed E-state index contributed by atoms with van der Waals surface area (Å²) in [6, 6.07) is 6.02. The average molecular weight is 366 g/mol. The van der Waals surface area contributed by atoms with Crippen LogP contribution in [0.25, 0.3) is 0 Å². The van der Waals surface area contributed by atoms with Gasteiger partial charge in [0.2, 0.25) is 0 Å². The lowest BCUT2D eigenvalue weighted by Crippen LogP contribution is -2.36. The van der Waals surface area contributed by atoms with Gasteiger partial charge in [-0.05, 0) is 42.6 Å². The molecule has 2 amide bonds. The maximum atomic E-state index is 12.4. The van der Waals surface area contributed by atoms with Crippen LogP contribution < -0.4 is 16.0 Å². The van der Waals surface area contributed by atoms with Crippen molar-refractivity contribution in [3.8, 4) is 5.75 Å². The van der Waals surface area contributed by atoms with Crippen LogP contribution in [0.2, 0.25) is 5.02 Å². The molecular weight excluding hydrogens is 350 g/mol. The fourth-order valence-electron chi connectivity index (χ4n) is 2.49. The highest BCUT2D eigenvalue weighted by Crippen LogP contribution is 2.27. The zero-order valence-corrected chi connectivity index (χ0v) is 14.2. The predicted molar refractivity (Wildman–Crippen MR) is 94.1 cm³/mol. The molecule has 24 heavy (non-hydrogen) atoms. The summed E-state index contributed by atoms with van der Waals surface area (Å²) in [5.41, 5.74) is 0.507. The number of rotatable bonds is 4. The monoisotopic (exact) mass is 365 g/mol. The van der Waals surface area contributed by atoms with Gasteiger partial charge in [-0.1, -0.05) is 11.6 Å². The Kier molecular flexibility index (Phi) is 5.03. The van der Waals surface area contributed by atoms with Crippen LogP contribution in [-0.4, -0.2) is 36.1 Å². The Morgan fingerprint density at radius 3 is 2.79 bits per heavy atom. The van der Waals surface area contributed by atoms with Gasteiger partial charge < -0.3 is 21.1 Å². The van der Waals surface area contributed by atoms with Gasteiger partial charge >= 0.3 is 0 Å². The first kappa shape index (κ1) is 16.8. The second kappa shape index (κ2) is 7.21. The minimum absolute atomic E-state index is 0.0964. The minimum atomic E-state index is -0.497. The van der Waals surface area contributed by atoms with Crippen molar-refractivity contribution in [2.24, 2.45) is 0 Å². The zero-order valence-electron chi connectivity index (χ0n) is 12.6. The second-order valence-corrected chi connectivity index (χ2v) is 6.79. The number of carbonyl (C=O) groups excluding carboxylic acids is 2. The van der Waals surface area contributed by atoms with Gasteiger partial charge in [-0.25, -0.2) is 0 Å². The van der Waals surface area contributed by atoms with Gasteiger partial charge in [-0.2, -0.15) is 0 Å². The van der Waals surface area contributed by atoms with Gasteiger partial charge in [0, 0.05) is 17.6 Å². The van der Waals surface area contributed by atoms with E-state index in [4.69, 9.17) is 11.6 Å². The summed E-state index contributed by atoms with van der Waals surface area (Å²) >= 11 is 7.02. The molecule has 1 aromatic carbocycles. The van der Waals surface area contributed by atoms with Crippen molar-refractivity contribution in [3.63, 3.8) is 0 Å². The van der Waals surface area contributed by atoms with E-state index in [-0.39, 0.29) is 23.3 Å². The first-order valence-corrected chi connectivity index (χ1v) is 8.69. The van der Waals surface area contributed by atoms with Crippen molar-refractivity contribution in [3.05, 3.63) is 45.8 Å². The van der Waals surface area contributed by atoms with Crippen molar-refractivity contribution in [1.82, 2.24) is 10.6 Å². The normalized spacial score (nSPS) is 16.8. The molecule has 1 saturated heterocycles. The standard InChI is InChI=1S/C16H16ClN3O3S/c17-9-1-2-11(13(21)7-9)14(22)20-16-12(4-6-24-16)15(23)19-10-3-5-18-8-10/h1-2,4,6-7,10,18,21H,3,5,8H2,(H,19,23)(H,20,22). The Hall–Kier alpha value is -2.09. The largest absolute Gasteiger partial charge is 0.507 e. The summed E-state index contributed by atoms with van der Waals surface area (Å²) in [5.74, 6) is -0.927. The molecule has 0 bridgehead atoms. The summed E-state index contributed by atoms with van der Waals surface area (Å²) < 4.78 is 0. The van der Waals surface area contributed by atoms with Crippen LogP contribution in [0, 0.1) is 0 Å². The lowest BCUT2D eigenvalue weighted by atomic mass is 10.2. The van der Waals surface area contributed by atoms with Crippen LogP contribution in [0.15, 0.2) is 29.6 Å². The molecule has 1 atom stereocenters. The van der Waals surface area contributed by atoms with Crippen molar-refractivity contribution in [1.29, 1.82) is 0 Å². The molecule has 4 N–H and O–H groups in total. The lowest BCUT2D eigenvalue weighted by molar-refractivity contribution is 0.0941. The molecule has 126 valence electrons. The van der Waals surface area contributed by atoms with Crippen LogP contribution in [0.4, 0.5) is 5.00 Å². The number of benzene rings is 1. The molecule has 2 heterocycles. The van der Waals surface area contributed by atoms with E-state index < -0.39 is 5.91 Å². The lowest BCUT2D eigenvalue weighted by Gasteiger charge is -2.12. The first-order chi connectivity index (χ1) is 11.5. The van der Waals surface area contributed by atoms with E-state index in [0.29, 0.717) is 15.6 Å². The number of phenols is 1. The maximum absolute atomic E-state index is 12.4. The highest BCUT2D eigenvalue weighted by atomic mass is 35.5. The Bertz CT molecular complexity index is 772. The van der Waals surface area contributed by atoms with Gasteiger partial charge in [0.1, 0.15) is 10.8 Å². The van der Waals surface area contributed by atoms with Crippen molar-refractivity contribution < 1.29 is 14.7 Å². The summed E-state index contributed by atoms with van der Waals surface area (Å²) in [5, 5.41) is 21.1. The topological polar surface area (TPSA) is 90.5 Å². The molecule has 3 rings (SSSR count). The number of phenolic OH excluding ortho intramolecular Hbond substituents is 1. The molecular formula is C16H16ClN3O3S. The molecule has 1 aromatic heterocycles. The molecule has 0 spiro atoms. The Morgan fingerprint density at radius 2 is 2.08 bits per heavy atom. The smallest absolute Gasteiger partial charge is 0.260 e. The molecule has 0 radical (unpaired) electrons. The maximum Gasteiger partial charge on any atom is 0.260 e. The average Bonchev–Trinajstić information content (AvgIpc) is 3.18. The summed E-state index contributed by atoms with van der Waals surface area (Å²) in [6.07, 6.45) is 0.885. The van der Waals surface area contributed by atoms with E-state index in [9.17, 15) is 14.7 Å². The van der Waals surface area contributed by atoms with Crippen molar-refractivity contribution in [2.75, 3.05) is 18.4 Å². The van der Waals surface area contributed by atoms with Gasteiger partial charge in [0.15, 0.2) is 0 Å². The van der Waals surface area contributed by atoms with Crippen molar-refractivity contribution in [2.45, 2.75) is 12.5 Å². The zero-order chi connectivity index (χ0) is 17.1. The number of hydrogen-bond acceptors (Lipinski definition) is 5. The molecule has 0 saturated carbocycles. The number of aromatic hydroxyl groups is 1. The fraction of sp³-hybridized carbons (Fsp3) is 0.250.